The molecule has 0 saturated heterocycles. The van der Waals surface area contributed by atoms with Gasteiger partial charge >= 0.3 is 0 Å². The van der Waals surface area contributed by atoms with E-state index in [0.717, 1.165) is 17.2 Å². The van der Waals surface area contributed by atoms with Crippen LogP contribution in [0.25, 0.3) is 0 Å². The van der Waals surface area contributed by atoms with Gasteiger partial charge in [-0.3, -0.25) is 0 Å². The van der Waals surface area contributed by atoms with Crippen LogP contribution in [0.4, 0.5) is 11.6 Å². The van der Waals surface area contributed by atoms with Gasteiger partial charge in [0.15, 0.2) is 9.84 Å². The number of hydrogen-bond donors (Lipinski definition) is 2. The van der Waals surface area contributed by atoms with E-state index in [2.05, 4.69) is 15.6 Å². The van der Waals surface area contributed by atoms with Crippen LogP contribution in [0.15, 0.2) is 47.4 Å². The number of pyridine rings is 1. The molecular formula is C14H17N3O2S. The van der Waals surface area contributed by atoms with Crippen LogP contribution in [0.5, 0.6) is 0 Å². The lowest BCUT2D eigenvalue weighted by atomic mass is 10.2. The first kappa shape index (κ1) is 14.3. The maximum atomic E-state index is 11.4. The Balaban J connectivity index is 2.04. The SMILES string of the molecule is CNc1cccc(NCc2ccc(S(C)(=O)=O)cc2)n1. The zero-order chi connectivity index (χ0) is 14.6. The van der Waals surface area contributed by atoms with Crippen LogP contribution in [0.3, 0.4) is 0 Å². The first-order chi connectivity index (χ1) is 9.49. The molecule has 0 spiro atoms. The molecule has 106 valence electrons. The molecule has 0 atom stereocenters. The van der Waals surface area contributed by atoms with Gasteiger partial charge in [-0.2, -0.15) is 0 Å². The highest BCUT2D eigenvalue weighted by Gasteiger charge is 2.06. The molecule has 0 amide bonds. The highest BCUT2D eigenvalue weighted by Crippen LogP contribution is 2.13. The van der Waals surface area contributed by atoms with Crippen LogP contribution < -0.4 is 10.6 Å². The van der Waals surface area contributed by atoms with Crippen molar-refractivity contribution in [2.24, 2.45) is 0 Å². The molecule has 0 aliphatic rings. The molecule has 2 N–H and O–H groups in total. The Morgan fingerprint density at radius 1 is 1.05 bits per heavy atom. The van der Waals surface area contributed by atoms with Crippen molar-refractivity contribution < 1.29 is 8.42 Å². The molecule has 6 heteroatoms. The third-order valence-electron chi connectivity index (χ3n) is 2.83. The van der Waals surface area contributed by atoms with E-state index in [1.54, 1.807) is 24.3 Å². The number of nitrogens with zero attached hydrogens (tertiary/aromatic N) is 1. The van der Waals surface area contributed by atoms with Gasteiger partial charge in [-0.15, -0.1) is 0 Å². The highest BCUT2D eigenvalue weighted by molar-refractivity contribution is 7.90. The smallest absolute Gasteiger partial charge is 0.175 e. The van der Waals surface area contributed by atoms with Gasteiger partial charge in [-0.25, -0.2) is 13.4 Å². The summed E-state index contributed by atoms with van der Waals surface area (Å²) in [5, 5.41) is 6.17. The molecular weight excluding hydrogens is 274 g/mol. The number of anilines is 2. The molecule has 0 saturated carbocycles. The van der Waals surface area contributed by atoms with Crippen molar-refractivity contribution in [2.45, 2.75) is 11.4 Å². The second kappa shape index (κ2) is 5.92. The molecule has 0 bridgehead atoms. The van der Waals surface area contributed by atoms with Gasteiger partial charge in [0.05, 0.1) is 4.90 Å². The van der Waals surface area contributed by atoms with Crippen LogP contribution in [0.1, 0.15) is 5.56 Å². The molecule has 5 nitrogen and oxygen atoms in total. The average Bonchev–Trinajstić information content (AvgIpc) is 2.45. The zero-order valence-electron chi connectivity index (χ0n) is 11.4. The fourth-order valence-corrected chi connectivity index (χ4v) is 2.35. The standard InChI is InChI=1S/C14H17N3O2S/c1-15-13-4-3-5-14(17-13)16-10-11-6-8-12(9-7-11)20(2,18)19/h3-9H,10H2,1-2H3,(H2,15,16,17). The normalized spacial score (nSPS) is 11.1. The van der Waals surface area contributed by atoms with Gasteiger partial charge < -0.3 is 10.6 Å². The molecule has 1 heterocycles. The summed E-state index contributed by atoms with van der Waals surface area (Å²) < 4.78 is 22.7. The molecule has 0 aliphatic heterocycles. The van der Waals surface area contributed by atoms with E-state index in [1.807, 2.05) is 25.2 Å². The number of benzene rings is 1. The van der Waals surface area contributed by atoms with Gasteiger partial charge in [-0.05, 0) is 29.8 Å². The highest BCUT2D eigenvalue weighted by atomic mass is 32.2. The van der Waals surface area contributed by atoms with Crippen molar-refractivity contribution in [3.8, 4) is 0 Å². The molecule has 0 aliphatic carbocycles. The van der Waals surface area contributed by atoms with Crippen LogP contribution in [0, 0.1) is 0 Å². The maximum Gasteiger partial charge on any atom is 0.175 e. The Bertz CT molecular complexity index is 682. The largest absolute Gasteiger partial charge is 0.373 e. The van der Waals surface area contributed by atoms with Crippen molar-refractivity contribution in [3.05, 3.63) is 48.0 Å². The van der Waals surface area contributed by atoms with E-state index in [9.17, 15) is 8.42 Å². The van der Waals surface area contributed by atoms with E-state index < -0.39 is 9.84 Å². The summed E-state index contributed by atoms with van der Waals surface area (Å²) in [7, 11) is -1.32. The van der Waals surface area contributed by atoms with E-state index in [4.69, 9.17) is 0 Å². The number of aromatic nitrogens is 1. The van der Waals surface area contributed by atoms with Gasteiger partial charge in [0.2, 0.25) is 0 Å². The van der Waals surface area contributed by atoms with Gasteiger partial charge in [0.25, 0.3) is 0 Å². The van der Waals surface area contributed by atoms with Crippen LogP contribution in [-0.4, -0.2) is 26.7 Å². The monoisotopic (exact) mass is 291 g/mol. The predicted molar refractivity (Wildman–Crippen MR) is 80.7 cm³/mol. The van der Waals surface area contributed by atoms with E-state index in [-0.39, 0.29) is 0 Å². The molecule has 2 rings (SSSR count). The predicted octanol–water partition coefficient (Wildman–Crippen LogP) is 2.14. The number of nitrogens with one attached hydrogen (secondary N) is 2. The molecule has 20 heavy (non-hydrogen) atoms. The summed E-state index contributed by atoms with van der Waals surface area (Å²) in [6.07, 6.45) is 1.20. The molecule has 0 unspecified atom stereocenters. The third kappa shape index (κ3) is 3.71. The molecule has 0 radical (unpaired) electrons. The molecule has 0 fully saturated rings. The Kier molecular flexibility index (Phi) is 4.24. The Morgan fingerprint density at radius 2 is 1.70 bits per heavy atom. The quantitative estimate of drug-likeness (QED) is 0.883. The Labute approximate surface area is 119 Å². The summed E-state index contributed by atoms with van der Waals surface area (Å²) in [5.41, 5.74) is 0.995. The minimum Gasteiger partial charge on any atom is -0.373 e. The van der Waals surface area contributed by atoms with Crippen LogP contribution in [0.2, 0.25) is 0 Å². The minimum absolute atomic E-state index is 0.330. The van der Waals surface area contributed by atoms with Gasteiger partial charge in [0, 0.05) is 19.8 Å². The summed E-state index contributed by atoms with van der Waals surface area (Å²) in [6.45, 7) is 0.588. The zero-order valence-corrected chi connectivity index (χ0v) is 12.2. The fourth-order valence-electron chi connectivity index (χ4n) is 1.72. The Morgan fingerprint density at radius 3 is 2.30 bits per heavy atom. The summed E-state index contributed by atoms with van der Waals surface area (Å²) in [6, 6.07) is 12.5. The van der Waals surface area contributed by atoms with E-state index >= 15 is 0 Å². The van der Waals surface area contributed by atoms with Gasteiger partial charge in [0.1, 0.15) is 11.6 Å². The summed E-state index contributed by atoms with van der Waals surface area (Å²) in [4.78, 5) is 4.68. The third-order valence-corrected chi connectivity index (χ3v) is 3.96. The average molecular weight is 291 g/mol. The summed E-state index contributed by atoms with van der Waals surface area (Å²) >= 11 is 0. The second-order valence-corrected chi connectivity index (χ2v) is 6.44. The Hall–Kier alpha value is -2.08. The minimum atomic E-state index is -3.14. The fraction of sp³-hybridized carbons (Fsp3) is 0.214. The molecule has 1 aromatic carbocycles. The van der Waals surface area contributed by atoms with Crippen molar-refractivity contribution >= 4 is 21.5 Å². The van der Waals surface area contributed by atoms with E-state index in [0.29, 0.717) is 11.4 Å². The van der Waals surface area contributed by atoms with Crippen molar-refractivity contribution in [3.63, 3.8) is 0 Å². The molecule has 2 aromatic rings. The first-order valence-corrected chi connectivity index (χ1v) is 8.06. The topological polar surface area (TPSA) is 71.1 Å². The van der Waals surface area contributed by atoms with Crippen LogP contribution >= 0.6 is 0 Å². The number of sulfone groups is 1. The number of rotatable bonds is 5. The lowest BCUT2D eigenvalue weighted by Gasteiger charge is -2.08. The van der Waals surface area contributed by atoms with Gasteiger partial charge in [-0.1, -0.05) is 18.2 Å². The van der Waals surface area contributed by atoms with E-state index in [1.165, 1.54) is 6.26 Å². The lowest BCUT2D eigenvalue weighted by Crippen LogP contribution is -2.03. The summed E-state index contributed by atoms with van der Waals surface area (Å²) in [5.74, 6) is 1.56. The first-order valence-electron chi connectivity index (χ1n) is 6.17. The second-order valence-electron chi connectivity index (χ2n) is 4.43. The number of hydrogen-bond acceptors (Lipinski definition) is 5. The van der Waals surface area contributed by atoms with Crippen molar-refractivity contribution in [1.82, 2.24) is 4.98 Å². The maximum absolute atomic E-state index is 11.4. The molecule has 1 aromatic heterocycles. The lowest BCUT2D eigenvalue weighted by molar-refractivity contribution is 0.602. The van der Waals surface area contributed by atoms with Crippen molar-refractivity contribution in [1.29, 1.82) is 0 Å². The van der Waals surface area contributed by atoms with Crippen LogP contribution in [-0.2, 0) is 16.4 Å². The van der Waals surface area contributed by atoms with Crippen molar-refractivity contribution in [2.75, 3.05) is 23.9 Å².